The second-order valence-electron chi connectivity index (χ2n) is 4.84. The molecule has 3 rings (SSSR count). The topological polar surface area (TPSA) is 124 Å². The second kappa shape index (κ2) is 6.73. The van der Waals surface area contributed by atoms with Gasteiger partial charge in [0.05, 0.1) is 11.2 Å². The summed E-state index contributed by atoms with van der Waals surface area (Å²) in [7, 11) is 0. The van der Waals surface area contributed by atoms with Crippen molar-refractivity contribution in [2.75, 3.05) is 5.32 Å². The number of amides is 1. The zero-order valence-corrected chi connectivity index (χ0v) is 12.3. The number of nitro groups is 1. The van der Waals surface area contributed by atoms with Crippen LogP contribution in [0.2, 0.25) is 0 Å². The minimum absolute atomic E-state index is 0.0900. The molecule has 0 atom stereocenters. The minimum Gasteiger partial charge on any atom is -0.461 e. The highest BCUT2D eigenvalue weighted by Crippen LogP contribution is 2.18. The third kappa shape index (κ3) is 3.64. The Morgan fingerprint density at radius 2 is 2.17 bits per heavy atom. The first-order valence-electron chi connectivity index (χ1n) is 7.02. The number of rotatable bonds is 6. The van der Waals surface area contributed by atoms with Crippen LogP contribution < -0.4 is 5.32 Å². The lowest BCUT2D eigenvalue weighted by Crippen LogP contribution is -2.12. The number of nitrogens with zero attached hydrogens (tertiary/aromatic N) is 3. The molecule has 0 aliphatic rings. The van der Waals surface area contributed by atoms with Crippen LogP contribution in [0.15, 0.2) is 51.6 Å². The normalized spacial score (nSPS) is 10.5. The molecule has 1 N–H and O–H groups in total. The van der Waals surface area contributed by atoms with Crippen molar-refractivity contribution in [2.45, 2.75) is 12.8 Å². The number of nitrogens with one attached hydrogen (secondary N) is 1. The molecule has 0 bridgehead atoms. The Morgan fingerprint density at radius 1 is 1.29 bits per heavy atom. The number of hydrogen-bond acceptors (Lipinski definition) is 7. The van der Waals surface area contributed by atoms with Gasteiger partial charge >= 0.3 is 0 Å². The van der Waals surface area contributed by atoms with Crippen LogP contribution in [0, 0.1) is 10.1 Å². The maximum absolute atomic E-state index is 11.9. The van der Waals surface area contributed by atoms with Gasteiger partial charge < -0.3 is 14.3 Å². The first kappa shape index (κ1) is 15.4. The molecule has 0 aliphatic heterocycles. The number of aryl methyl sites for hydroxylation is 1. The van der Waals surface area contributed by atoms with E-state index in [0.29, 0.717) is 23.2 Å². The quantitative estimate of drug-likeness (QED) is 0.545. The van der Waals surface area contributed by atoms with Gasteiger partial charge in [-0.3, -0.25) is 14.9 Å². The maximum atomic E-state index is 11.9. The van der Waals surface area contributed by atoms with Crippen LogP contribution in [-0.2, 0) is 11.2 Å². The van der Waals surface area contributed by atoms with E-state index in [4.69, 9.17) is 8.94 Å². The predicted molar refractivity (Wildman–Crippen MR) is 82.0 cm³/mol. The van der Waals surface area contributed by atoms with E-state index < -0.39 is 4.92 Å². The summed E-state index contributed by atoms with van der Waals surface area (Å²) in [6, 6.07) is 9.12. The number of furan rings is 1. The van der Waals surface area contributed by atoms with Gasteiger partial charge in [0.15, 0.2) is 5.76 Å². The van der Waals surface area contributed by atoms with Crippen molar-refractivity contribution in [3.63, 3.8) is 0 Å². The van der Waals surface area contributed by atoms with Crippen LogP contribution in [0.5, 0.6) is 0 Å². The summed E-state index contributed by atoms with van der Waals surface area (Å²) in [6.07, 6.45) is 1.84. The van der Waals surface area contributed by atoms with Crippen LogP contribution >= 0.6 is 0 Å². The Bertz CT molecular complexity index is 856. The van der Waals surface area contributed by atoms with Crippen molar-refractivity contribution in [2.24, 2.45) is 0 Å². The smallest absolute Gasteiger partial charge is 0.271 e. The Labute approximate surface area is 135 Å². The maximum Gasteiger partial charge on any atom is 0.271 e. The average molecular weight is 328 g/mol. The third-order valence-electron chi connectivity index (χ3n) is 3.12. The van der Waals surface area contributed by atoms with E-state index in [1.165, 1.54) is 24.5 Å². The number of aromatic nitrogens is 2. The number of carbonyl (C=O) groups excluding carboxylic acids is 1. The summed E-state index contributed by atoms with van der Waals surface area (Å²) in [4.78, 5) is 26.2. The highest BCUT2D eigenvalue weighted by atomic mass is 16.6. The summed E-state index contributed by atoms with van der Waals surface area (Å²) < 4.78 is 10.2. The van der Waals surface area contributed by atoms with Gasteiger partial charge in [0.2, 0.25) is 17.6 Å². The molecule has 0 saturated heterocycles. The van der Waals surface area contributed by atoms with Gasteiger partial charge in [-0.15, -0.1) is 0 Å². The van der Waals surface area contributed by atoms with E-state index >= 15 is 0 Å². The lowest BCUT2D eigenvalue weighted by atomic mass is 10.2. The highest BCUT2D eigenvalue weighted by molar-refractivity contribution is 5.91. The molecule has 122 valence electrons. The molecular formula is C15H12N4O5. The van der Waals surface area contributed by atoms with E-state index in [2.05, 4.69) is 15.5 Å². The molecule has 0 spiro atoms. The third-order valence-corrected chi connectivity index (χ3v) is 3.12. The first-order chi connectivity index (χ1) is 11.6. The molecule has 9 nitrogen and oxygen atoms in total. The van der Waals surface area contributed by atoms with Gasteiger partial charge in [-0.2, -0.15) is 4.98 Å². The van der Waals surface area contributed by atoms with Crippen LogP contribution in [-0.4, -0.2) is 21.0 Å². The van der Waals surface area contributed by atoms with Crippen molar-refractivity contribution in [1.82, 2.24) is 10.1 Å². The van der Waals surface area contributed by atoms with E-state index in [-0.39, 0.29) is 24.4 Å². The van der Waals surface area contributed by atoms with Crippen LogP contribution in [0.1, 0.15) is 12.3 Å². The van der Waals surface area contributed by atoms with Crippen LogP contribution in [0.3, 0.4) is 0 Å². The summed E-state index contributed by atoms with van der Waals surface area (Å²) in [5.41, 5.74) is 0.267. The Hall–Kier alpha value is -3.49. The largest absolute Gasteiger partial charge is 0.461 e. The Balaban J connectivity index is 1.56. The zero-order valence-electron chi connectivity index (χ0n) is 12.3. The molecule has 1 aromatic carbocycles. The summed E-state index contributed by atoms with van der Waals surface area (Å²) in [5, 5.41) is 17.1. The zero-order chi connectivity index (χ0) is 16.9. The van der Waals surface area contributed by atoms with Gasteiger partial charge in [-0.25, -0.2) is 0 Å². The number of non-ortho nitro benzene ring substituents is 1. The number of benzene rings is 1. The van der Waals surface area contributed by atoms with Gasteiger partial charge in [0, 0.05) is 30.7 Å². The van der Waals surface area contributed by atoms with Crippen molar-refractivity contribution >= 4 is 17.3 Å². The van der Waals surface area contributed by atoms with Gasteiger partial charge in [0.1, 0.15) is 0 Å². The van der Waals surface area contributed by atoms with E-state index in [1.807, 2.05) is 0 Å². The SMILES string of the molecule is O=C(CCc1nc(-c2ccco2)no1)Nc1cccc([N+](=O)[O-])c1. The van der Waals surface area contributed by atoms with E-state index in [1.54, 1.807) is 18.2 Å². The fraction of sp³-hybridized carbons (Fsp3) is 0.133. The molecule has 0 unspecified atom stereocenters. The number of nitro benzene ring substituents is 1. The second-order valence-corrected chi connectivity index (χ2v) is 4.84. The monoisotopic (exact) mass is 328 g/mol. The van der Waals surface area contributed by atoms with Crippen LogP contribution in [0.25, 0.3) is 11.6 Å². The molecule has 0 aliphatic carbocycles. The number of hydrogen-bond donors (Lipinski definition) is 1. The lowest BCUT2D eigenvalue weighted by Gasteiger charge is -2.03. The lowest BCUT2D eigenvalue weighted by molar-refractivity contribution is -0.384. The van der Waals surface area contributed by atoms with E-state index in [0.717, 1.165) is 0 Å². The van der Waals surface area contributed by atoms with Gasteiger partial charge in [-0.1, -0.05) is 11.2 Å². The molecule has 1 amide bonds. The molecular weight excluding hydrogens is 316 g/mol. The minimum atomic E-state index is -0.524. The van der Waals surface area contributed by atoms with Crippen molar-refractivity contribution in [1.29, 1.82) is 0 Å². The summed E-state index contributed by atoms with van der Waals surface area (Å²) in [6.45, 7) is 0. The fourth-order valence-electron chi connectivity index (χ4n) is 2.00. The number of anilines is 1. The molecule has 9 heteroatoms. The standard InChI is InChI=1S/C15H12N4O5/c20-13(16-10-3-1-4-11(9-10)19(21)22)6-7-14-17-15(18-24-14)12-5-2-8-23-12/h1-5,8-9H,6-7H2,(H,16,20). The molecule has 2 aromatic heterocycles. The first-order valence-corrected chi connectivity index (χ1v) is 7.02. The van der Waals surface area contributed by atoms with E-state index in [9.17, 15) is 14.9 Å². The number of carbonyl (C=O) groups is 1. The van der Waals surface area contributed by atoms with Gasteiger partial charge in [0.25, 0.3) is 5.69 Å². The molecule has 0 fully saturated rings. The van der Waals surface area contributed by atoms with Crippen molar-refractivity contribution < 1.29 is 18.7 Å². The predicted octanol–water partition coefficient (Wildman–Crippen LogP) is 2.81. The van der Waals surface area contributed by atoms with Crippen molar-refractivity contribution in [3.05, 3.63) is 58.7 Å². The molecule has 0 radical (unpaired) electrons. The molecule has 24 heavy (non-hydrogen) atoms. The highest BCUT2D eigenvalue weighted by Gasteiger charge is 2.13. The van der Waals surface area contributed by atoms with Gasteiger partial charge in [-0.05, 0) is 18.2 Å². The average Bonchev–Trinajstić information content (AvgIpc) is 3.24. The van der Waals surface area contributed by atoms with Crippen molar-refractivity contribution in [3.8, 4) is 11.6 Å². The fourth-order valence-corrected chi connectivity index (χ4v) is 2.00. The Kier molecular flexibility index (Phi) is 4.32. The molecule has 2 heterocycles. The summed E-state index contributed by atoms with van der Waals surface area (Å²) in [5.74, 6) is 0.781. The molecule has 0 saturated carbocycles. The Morgan fingerprint density at radius 3 is 2.92 bits per heavy atom. The molecule has 3 aromatic rings. The van der Waals surface area contributed by atoms with Crippen LogP contribution in [0.4, 0.5) is 11.4 Å². The summed E-state index contributed by atoms with van der Waals surface area (Å²) >= 11 is 0.